The van der Waals surface area contributed by atoms with Crippen molar-refractivity contribution in [1.82, 2.24) is 20.0 Å². The number of nitrogens with one attached hydrogen (secondary N) is 1. The van der Waals surface area contributed by atoms with Crippen molar-refractivity contribution in [3.05, 3.63) is 40.3 Å². The van der Waals surface area contributed by atoms with E-state index in [9.17, 15) is 9.59 Å². The van der Waals surface area contributed by atoms with Crippen LogP contribution < -0.4 is 5.32 Å². The van der Waals surface area contributed by atoms with Gasteiger partial charge in [-0.25, -0.2) is 0 Å². The molecule has 3 rings (SSSR count). The fourth-order valence-electron chi connectivity index (χ4n) is 2.61. The molecular formula is C15H18N4O2S. The van der Waals surface area contributed by atoms with E-state index >= 15 is 0 Å². The average molecular weight is 318 g/mol. The summed E-state index contributed by atoms with van der Waals surface area (Å²) in [7, 11) is 0. The highest BCUT2D eigenvalue weighted by molar-refractivity contribution is 7.09. The third-order valence-electron chi connectivity index (χ3n) is 3.79. The van der Waals surface area contributed by atoms with Crippen molar-refractivity contribution in [3.8, 4) is 0 Å². The fraction of sp³-hybridized carbons (Fsp3) is 0.400. The molecule has 6 nitrogen and oxygen atoms in total. The molecule has 1 aliphatic rings. The van der Waals surface area contributed by atoms with Crippen LogP contribution in [0.3, 0.4) is 0 Å². The number of aromatic nitrogens is 2. The second-order valence-corrected chi connectivity index (χ2v) is 6.34. The van der Waals surface area contributed by atoms with Crippen molar-refractivity contribution in [3.63, 3.8) is 0 Å². The van der Waals surface area contributed by atoms with Crippen LogP contribution in [0.4, 0.5) is 0 Å². The van der Waals surface area contributed by atoms with Gasteiger partial charge in [0.25, 0.3) is 0 Å². The summed E-state index contributed by atoms with van der Waals surface area (Å²) in [6, 6.07) is 5.46. The maximum absolute atomic E-state index is 12.4. The zero-order valence-electron chi connectivity index (χ0n) is 12.4. The lowest BCUT2D eigenvalue weighted by atomic mass is 10.1. The van der Waals surface area contributed by atoms with Gasteiger partial charge < -0.3 is 10.2 Å². The lowest BCUT2D eigenvalue weighted by Gasteiger charge is -2.32. The number of rotatable bonds is 4. The smallest absolute Gasteiger partial charge is 0.246 e. The number of fused-ring (bicyclic) bond motifs is 1. The number of carbonyl (C=O) groups excluding carboxylic acids is 2. The molecule has 1 N–H and O–H groups in total. The predicted molar refractivity (Wildman–Crippen MR) is 83.4 cm³/mol. The molecule has 0 aromatic carbocycles. The number of thiophene rings is 1. The maximum Gasteiger partial charge on any atom is 0.246 e. The molecule has 2 amide bonds. The van der Waals surface area contributed by atoms with Crippen molar-refractivity contribution in [2.24, 2.45) is 0 Å². The lowest BCUT2D eigenvalue weighted by Crippen LogP contribution is -2.46. The van der Waals surface area contributed by atoms with Gasteiger partial charge in [0.2, 0.25) is 11.8 Å². The Kier molecular flexibility index (Phi) is 4.24. The summed E-state index contributed by atoms with van der Waals surface area (Å²) >= 11 is 1.68. The third kappa shape index (κ3) is 3.04. The lowest BCUT2D eigenvalue weighted by molar-refractivity contribution is -0.133. The van der Waals surface area contributed by atoms with Gasteiger partial charge in [0.1, 0.15) is 6.04 Å². The monoisotopic (exact) mass is 318 g/mol. The van der Waals surface area contributed by atoms with Crippen LogP contribution in [0.2, 0.25) is 0 Å². The highest BCUT2D eigenvalue weighted by atomic mass is 32.1. The highest BCUT2D eigenvalue weighted by Crippen LogP contribution is 2.20. The zero-order chi connectivity index (χ0) is 15.5. The molecule has 0 unspecified atom stereocenters. The largest absolute Gasteiger partial charge is 0.354 e. The van der Waals surface area contributed by atoms with Crippen LogP contribution in [0.1, 0.15) is 23.5 Å². The molecule has 3 heterocycles. The van der Waals surface area contributed by atoms with Crippen LogP contribution in [0.5, 0.6) is 0 Å². The summed E-state index contributed by atoms with van der Waals surface area (Å²) in [6.45, 7) is 2.99. The molecule has 0 fully saturated rings. The van der Waals surface area contributed by atoms with Gasteiger partial charge in [-0.1, -0.05) is 6.07 Å². The molecule has 0 aliphatic carbocycles. The summed E-state index contributed by atoms with van der Waals surface area (Å²) in [5, 5.41) is 9.21. The molecule has 1 aliphatic heterocycles. The number of carbonyl (C=O) groups is 2. The molecule has 2 aromatic rings. The van der Waals surface area contributed by atoms with Crippen LogP contribution in [0.15, 0.2) is 29.8 Å². The summed E-state index contributed by atoms with van der Waals surface area (Å²) in [6.07, 6.45) is 2.49. The van der Waals surface area contributed by atoms with Crippen molar-refractivity contribution in [2.75, 3.05) is 13.1 Å². The highest BCUT2D eigenvalue weighted by Gasteiger charge is 2.31. The summed E-state index contributed by atoms with van der Waals surface area (Å²) in [4.78, 5) is 27.0. The summed E-state index contributed by atoms with van der Waals surface area (Å²) in [5.74, 6) is -0.115. The topological polar surface area (TPSA) is 67.2 Å². The first kappa shape index (κ1) is 14.8. The molecular weight excluding hydrogens is 300 g/mol. The van der Waals surface area contributed by atoms with E-state index < -0.39 is 6.04 Å². The van der Waals surface area contributed by atoms with Crippen LogP contribution in [0.25, 0.3) is 0 Å². The minimum absolute atomic E-state index is 0.0242. The number of nitrogens with zero attached hydrogens (tertiary/aromatic N) is 3. The molecule has 22 heavy (non-hydrogen) atoms. The molecule has 0 spiro atoms. The Morgan fingerprint density at radius 2 is 2.32 bits per heavy atom. The second kappa shape index (κ2) is 6.31. The second-order valence-electron chi connectivity index (χ2n) is 5.30. The van der Waals surface area contributed by atoms with E-state index in [-0.39, 0.29) is 11.8 Å². The van der Waals surface area contributed by atoms with Gasteiger partial charge in [-0.2, -0.15) is 5.10 Å². The molecule has 0 saturated carbocycles. The van der Waals surface area contributed by atoms with E-state index in [0.717, 1.165) is 12.1 Å². The molecule has 0 bridgehead atoms. The number of hydrogen-bond donors (Lipinski definition) is 1. The van der Waals surface area contributed by atoms with Gasteiger partial charge in [-0.05, 0) is 23.9 Å². The Morgan fingerprint density at radius 1 is 1.45 bits per heavy atom. The fourth-order valence-corrected chi connectivity index (χ4v) is 3.32. The first-order valence-corrected chi connectivity index (χ1v) is 8.11. The Labute approximate surface area is 132 Å². The van der Waals surface area contributed by atoms with Gasteiger partial charge in [0.05, 0.1) is 18.8 Å². The number of amides is 2. The van der Waals surface area contributed by atoms with E-state index in [1.165, 1.54) is 11.8 Å². The number of hydrogen-bond acceptors (Lipinski definition) is 4. The van der Waals surface area contributed by atoms with Crippen molar-refractivity contribution >= 4 is 23.2 Å². The van der Waals surface area contributed by atoms with Crippen LogP contribution >= 0.6 is 11.3 Å². The Bertz CT molecular complexity index is 665. The summed E-state index contributed by atoms with van der Waals surface area (Å²) < 4.78 is 1.72. The molecule has 1 atom stereocenters. The van der Waals surface area contributed by atoms with E-state index in [1.807, 2.05) is 17.5 Å². The van der Waals surface area contributed by atoms with Crippen LogP contribution in [-0.2, 0) is 22.6 Å². The SMILES string of the molecule is CC(=O)N1Cc2ccnn2[C@H](C(=O)NCCc2cccs2)C1. The Hall–Kier alpha value is -2.15. The normalized spacial score (nSPS) is 17.1. The van der Waals surface area contributed by atoms with Gasteiger partial charge in [-0.15, -0.1) is 11.3 Å². The standard InChI is InChI=1S/C15H18N4O2S/c1-11(20)18-9-12-4-7-17-19(12)14(10-18)15(21)16-6-5-13-3-2-8-22-13/h2-4,7-8,14H,5-6,9-10H2,1H3,(H,16,21)/t14-/m0/s1. The molecule has 0 radical (unpaired) electrons. The predicted octanol–water partition coefficient (Wildman–Crippen LogP) is 1.21. The van der Waals surface area contributed by atoms with Crippen LogP contribution in [0, 0.1) is 0 Å². The molecule has 7 heteroatoms. The van der Waals surface area contributed by atoms with E-state index in [0.29, 0.717) is 19.6 Å². The first-order valence-electron chi connectivity index (χ1n) is 7.23. The van der Waals surface area contributed by atoms with Gasteiger partial charge in [-0.3, -0.25) is 14.3 Å². The van der Waals surface area contributed by atoms with Gasteiger partial charge >= 0.3 is 0 Å². The first-order chi connectivity index (χ1) is 10.6. The van der Waals surface area contributed by atoms with Crippen molar-refractivity contribution in [2.45, 2.75) is 25.9 Å². The average Bonchev–Trinajstić information content (AvgIpc) is 3.16. The Balaban J connectivity index is 1.65. The minimum Gasteiger partial charge on any atom is -0.354 e. The van der Waals surface area contributed by atoms with E-state index in [4.69, 9.17) is 0 Å². The van der Waals surface area contributed by atoms with Gasteiger partial charge in [0, 0.05) is 24.5 Å². The minimum atomic E-state index is -0.453. The third-order valence-corrected chi connectivity index (χ3v) is 4.73. The quantitative estimate of drug-likeness (QED) is 0.921. The van der Waals surface area contributed by atoms with Gasteiger partial charge in [0.15, 0.2) is 0 Å². The van der Waals surface area contributed by atoms with Crippen molar-refractivity contribution < 1.29 is 9.59 Å². The van der Waals surface area contributed by atoms with E-state index in [2.05, 4.69) is 16.5 Å². The summed E-state index contributed by atoms with van der Waals surface area (Å²) in [5.41, 5.74) is 0.889. The van der Waals surface area contributed by atoms with E-state index in [1.54, 1.807) is 27.1 Å². The Morgan fingerprint density at radius 3 is 3.05 bits per heavy atom. The van der Waals surface area contributed by atoms with Crippen LogP contribution in [-0.4, -0.2) is 39.6 Å². The molecule has 2 aromatic heterocycles. The zero-order valence-corrected chi connectivity index (χ0v) is 13.2. The molecule has 0 saturated heterocycles. The van der Waals surface area contributed by atoms with Crippen molar-refractivity contribution in [1.29, 1.82) is 0 Å². The molecule has 116 valence electrons. The maximum atomic E-state index is 12.4.